The molecule has 0 saturated carbocycles. The van der Waals surface area contributed by atoms with Gasteiger partial charge < -0.3 is 9.26 Å². The number of halogens is 1. The van der Waals surface area contributed by atoms with Gasteiger partial charge in [-0.3, -0.25) is 5.10 Å². The highest BCUT2D eigenvalue weighted by Gasteiger charge is 2.16. The summed E-state index contributed by atoms with van der Waals surface area (Å²) in [5.74, 6) is 1.98. The molecule has 0 unspecified atom stereocenters. The van der Waals surface area contributed by atoms with E-state index < -0.39 is 0 Å². The van der Waals surface area contributed by atoms with Gasteiger partial charge in [-0.2, -0.15) is 5.10 Å². The summed E-state index contributed by atoms with van der Waals surface area (Å²) in [5, 5.41) is 11.4. The average molecular weight is 305 g/mol. The number of benzene rings is 1. The quantitative estimate of drug-likeness (QED) is 0.797. The van der Waals surface area contributed by atoms with Crippen LogP contribution in [0.1, 0.15) is 24.7 Å². The first-order valence-electron chi connectivity index (χ1n) is 6.39. The molecule has 6 nitrogen and oxygen atoms in total. The average Bonchev–Trinajstić information content (AvgIpc) is 3.11. The van der Waals surface area contributed by atoms with E-state index >= 15 is 0 Å². The summed E-state index contributed by atoms with van der Waals surface area (Å²) in [5.41, 5.74) is 1.42. The standard InChI is InChI=1S/C14H13ClN4O2/c1-8(14-16-9(2)17-18-14)21-13-4-3-10(15)7-11(13)12-5-6-20-19-12/h3-8H,1-2H3,(H,16,17,18)/t8-/m0/s1. The van der Waals surface area contributed by atoms with Gasteiger partial charge in [-0.15, -0.1) is 0 Å². The molecule has 2 aromatic heterocycles. The zero-order valence-corrected chi connectivity index (χ0v) is 12.3. The highest BCUT2D eigenvalue weighted by atomic mass is 35.5. The van der Waals surface area contributed by atoms with Crippen molar-refractivity contribution in [1.82, 2.24) is 20.3 Å². The van der Waals surface area contributed by atoms with Crippen LogP contribution in [0.2, 0.25) is 5.02 Å². The van der Waals surface area contributed by atoms with Crippen LogP contribution in [0.25, 0.3) is 11.3 Å². The van der Waals surface area contributed by atoms with Crippen LogP contribution < -0.4 is 4.74 Å². The lowest BCUT2D eigenvalue weighted by Gasteiger charge is -2.14. The van der Waals surface area contributed by atoms with Crippen LogP contribution in [0.3, 0.4) is 0 Å². The Morgan fingerprint density at radius 1 is 1.33 bits per heavy atom. The lowest BCUT2D eigenvalue weighted by Crippen LogP contribution is -2.06. The Morgan fingerprint density at radius 2 is 2.19 bits per heavy atom. The highest BCUT2D eigenvalue weighted by Crippen LogP contribution is 2.33. The Labute approximate surface area is 126 Å². The molecule has 0 bridgehead atoms. The molecular weight excluding hydrogens is 292 g/mol. The van der Waals surface area contributed by atoms with Crippen LogP contribution in [0, 0.1) is 6.92 Å². The van der Waals surface area contributed by atoms with Gasteiger partial charge >= 0.3 is 0 Å². The monoisotopic (exact) mass is 304 g/mol. The smallest absolute Gasteiger partial charge is 0.191 e. The fraction of sp³-hybridized carbons (Fsp3) is 0.214. The fourth-order valence-corrected chi connectivity index (χ4v) is 2.11. The number of aromatic nitrogens is 4. The Kier molecular flexibility index (Phi) is 3.62. The van der Waals surface area contributed by atoms with Gasteiger partial charge in [0.2, 0.25) is 0 Å². The number of hydrogen-bond acceptors (Lipinski definition) is 5. The first-order chi connectivity index (χ1) is 10.1. The van der Waals surface area contributed by atoms with Crippen LogP contribution in [0.5, 0.6) is 5.75 Å². The van der Waals surface area contributed by atoms with E-state index in [9.17, 15) is 0 Å². The predicted molar refractivity (Wildman–Crippen MR) is 77.1 cm³/mol. The van der Waals surface area contributed by atoms with Crippen LogP contribution >= 0.6 is 11.6 Å². The van der Waals surface area contributed by atoms with Crippen molar-refractivity contribution in [2.75, 3.05) is 0 Å². The number of rotatable bonds is 4. The molecule has 1 N–H and O–H groups in total. The Hall–Kier alpha value is -2.34. The van der Waals surface area contributed by atoms with Crippen molar-refractivity contribution < 1.29 is 9.26 Å². The molecule has 1 aromatic carbocycles. The summed E-state index contributed by atoms with van der Waals surface area (Å²) in [7, 11) is 0. The van der Waals surface area contributed by atoms with E-state index in [1.54, 1.807) is 24.3 Å². The van der Waals surface area contributed by atoms with Gasteiger partial charge in [0.1, 0.15) is 23.5 Å². The largest absolute Gasteiger partial charge is 0.482 e. The lowest BCUT2D eigenvalue weighted by molar-refractivity contribution is 0.217. The molecule has 0 aliphatic heterocycles. The second-order valence-corrected chi connectivity index (χ2v) is 5.00. The van der Waals surface area contributed by atoms with Crippen molar-refractivity contribution in [1.29, 1.82) is 0 Å². The van der Waals surface area contributed by atoms with Crippen molar-refractivity contribution in [2.24, 2.45) is 0 Å². The number of nitrogens with one attached hydrogen (secondary N) is 1. The molecule has 0 saturated heterocycles. The number of hydrogen-bond donors (Lipinski definition) is 1. The van der Waals surface area contributed by atoms with Gasteiger partial charge in [-0.05, 0) is 32.0 Å². The molecule has 2 heterocycles. The second-order valence-electron chi connectivity index (χ2n) is 4.56. The Morgan fingerprint density at radius 3 is 2.86 bits per heavy atom. The van der Waals surface area contributed by atoms with E-state index in [1.165, 1.54) is 6.26 Å². The predicted octanol–water partition coefficient (Wildman–Crippen LogP) is 3.56. The number of aromatic amines is 1. The highest BCUT2D eigenvalue weighted by molar-refractivity contribution is 6.30. The molecule has 0 fully saturated rings. The van der Waals surface area contributed by atoms with Crippen molar-refractivity contribution in [3.63, 3.8) is 0 Å². The van der Waals surface area contributed by atoms with Gasteiger partial charge in [0.25, 0.3) is 0 Å². The summed E-state index contributed by atoms with van der Waals surface area (Å²) >= 11 is 6.05. The number of aryl methyl sites for hydroxylation is 1. The summed E-state index contributed by atoms with van der Waals surface area (Å²) < 4.78 is 10.8. The normalized spacial score (nSPS) is 12.3. The third-order valence-corrected chi connectivity index (χ3v) is 3.17. The Balaban J connectivity index is 1.92. The Bertz CT molecular complexity index is 739. The third kappa shape index (κ3) is 2.90. The molecule has 108 valence electrons. The van der Waals surface area contributed by atoms with Crippen LogP contribution in [0.15, 0.2) is 35.1 Å². The van der Waals surface area contributed by atoms with Crippen molar-refractivity contribution in [2.45, 2.75) is 20.0 Å². The molecule has 0 radical (unpaired) electrons. The molecular formula is C14H13ClN4O2. The summed E-state index contributed by atoms with van der Waals surface area (Å²) in [6, 6.07) is 7.09. The first kappa shape index (κ1) is 13.6. The zero-order valence-electron chi connectivity index (χ0n) is 11.5. The van der Waals surface area contributed by atoms with Gasteiger partial charge in [0, 0.05) is 16.7 Å². The SMILES string of the molecule is Cc1nc([C@H](C)Oc2ccc(Cl)cc2-c2ccon2)n[nH]1. The van der Waals surface area contributed by atoms with Crippen LogP contribution in [-0.2, 0) is 0 Å². The number of H-pyrrole nitrogens is 1. The van der Waals surface area contributed by atoms with Gasteiger partial charge in [0.15, 0.2) is 11.9 Å². The van der Waals surface area contributed by atoms with Crippen molar-refractivity contribution >= 4 is 11.6 Å². The van der Waals surface area contributed by atoms with Gasteiger partial charge in [-0.25, -0.2) is 4.98 Å². The van der Waals surface area contributed by atoms with Crippen LogP contribution in [0.4, 0.5) is 0 Å². The molecule has 7 heteroatoms. The molecule has 0 aliphatic carbocycles. The maximum Gasteiger partial charge on any atom is 0.191 e. The van der Waals surface area contributed by atoms with Gasteiger partial charge in [0.05, 0.1) is 0 Å². The summed E-state index contributed by atoms with van der Waals surface area (Å²) in [6.45, 7) is 3.72. The van der Waals surface area contributed by atoms with E-state index in [0.717, 1.165) is 11.4 Å². The first-order valence-corrected chi connectivity index (χ1v) is 6.77. The molecule has 0 spiro atoms. The van der Waals surface area contributed by atoms with E-state index in [0.29, 0.717) is 22.3 Å². The van der Waals surface area contributed by atoms with E-state index in [1.807, 2.05) is 13.8 Å². The van der Waals surface area contributed by atoms with Crippen molar-refractivity contribution in [3.8, 4) is 17.0 Å². The minimum atomic E-state index is -0.304. The molecule has 1 atom stereocenters. The molecule has 3 aromatic rings. The van der Waals surface area contributed by atoms with Crippen LogP contribution in [-0.4, -0.2) is 20.3 Å². The topological polar surface area (TPSA) is 76.8 Å². The van der Waals surface area contributed by atoms with Crippen molar-refractivity contribution in [3.05, 3.63) is 47.2 Å². The van der Waals surface area contributed by atoms with E-state index in [4.69, 9.17) is 20.9 Å². The third-order valence-electron chi connectivity index (χ3n) is 2.94. The maximum atomic E-state index is 6.05. The van der Waals surface area contributed by atoms with E-state index in [-0.39, 0.29) is 6.10 Å². The minimum Gasteiger partial charge on any atom is -0.482 e. The lowest BCUT2D eigenvalue weighted by atomic mass is 10.1. The number of nitrogens with zero attached hydrogens (tertiary/aromatic N) is 3. The summed E-state index contributed by atoms with van der Waals surface area (Å²) in [4.78, 5) is 4.26. The van der Waals surface area contributed by atoms with E-state index in [2.05, 4.69) is 20.3 Å². The second kappa shape index (κ2) is 5.57. The fourth-order valence-electron chi connectivity index (χ4n) is 1.94. The molecule has 0 amide bonds. The maximum absolute atomic E-state index is 6.05. The zero-order chi connectivity index (χ0) is 14.8. The summed E-state index contributed by atoms with van der Waals surface area (Å²) in [6.07, 6.45) is 1.20. The molecule has 0 aliphatic rings. The molecule has 3 rings (SSSR count). The molecule has 21 heavy (non-hydrogen) atoms. The minimum absolute atomic E-state index is 0.304. The number of ether oxygens (including phenoxy) is 1. The van der Waals surface area contributed by atoms with Gasteiger partial charge in [-0.1, -0.05) is 16.8 Å².